The molecule has 0 bridgehead atoms. The molecule has 0 spiro atoms. The highest BCUT2D eigenvalue weighted by molar-refractivity contribution is 6.30. The van der Waals surface area contributed by atoms with Gasteiger partial charge in [0.25, 0.3) is 0 Å². The van der Waals surface area contributed by atoms with E-state index in [2.05, 4.69) is 0 Å². The number of allylic oxidation sites excluding steroid dienone is 1. The summed E-state index contributed by atoms with van der Waals surface area (Å²) >= 11 is 5.84. The van der Waals surface area contributed by atoms with Crippen molar-refractivity contribution in [1.29, 1.82) is 10.5 Å². The van der Waals surface area contributed by atoms with Crippen LogP contribution in [0.25, 0.3) is 5.57 Å². The van der Waals surface area contributed by atoms with E-state index < -0.39 is 17.9 Å². The Morgan fingerprint density at radius 1 is 1.04 bits per heavy atom. The Kier molecular flexibility index (Phi) is 7.48. The molecule has 6 nitrogen and oxygen atoms in total. The lowest BCUT2D eigenvalue weighted by Gasteiger charge is -2.18. The second-order valence-corrected chi connectivity index (χ2v) is 4.89. The van der Waals surface area contributed by atoms with Crippen molar-refractivity contribution in [3.8, 4) is 12.1 Å². The minimum Gasteiger partial charge on any atom is -0.465 e. The predicted molar refractivity (Wildman–Crippen MR) is 86.4 cm³/mol. The van der Waals surface area contributed by atoms with Crippen molar-refractivity contribution in [1.82, 2.24) is 0 Å². The Balaban J connectivity index is 3.59. The van der Waals surface area contributed by atoms with Crippen LogP contribution >= 0.6 is 11.6 Å². The fourth-order valence-corrected chi connectivity index (χ4v) is 2.14. The summed E-state index contributed by atoms with van der Waals surface area (Å²) in [5.74, 6) is -3.30. The third-order valence-corrected chi connectivity index (χ3v) is 3.23. The van der Waals surface area contributed by atoms with Crippen molar-refractivity contribution in [2.24, 2.45) is 5.92 Å². The van der Waals surface area contributed by atoms with Crippen LogP contribution < -0.4 is 0 Å². The van der Waals surface area contributed by atoms with Gasteiger partial charge in [-0.3, -0.25) is 9.59 Å². The highest BCUT2D eigenvalue weighted by Gasteiger charge is 2.36. The van der Waals surface area contributed by atoms with Gasteiger partial charge in [0.2, 0.25) is 0 Å². The topological polar surface area (TPSA) is 100 Å². The van der Waals surface area contributed by atoms with Gasteiger partial charge in [-0.15, -0.1) is 0 Å². The largest absolute Gasteiger partial charge is 0.465 e. The molecule has 0 N–H and O–H groups in total. The maximum atomic E-state index is 12.3. The van der Waals surface area contributed by atoms with E-state index in [0.717, 1.165) is 0 Å². The first kappa shape index (κ1) is 19.2. The van der Waals surface area contributed by atoms with Crippen LogP contribution in [0.1, 0.15) is 19.4 Å². The molecular weight excluding hydrogens is 332 g/mol. The molecule has 24 heavy (non-hydrogen) atoms. The minimum atomic E-state index is -1.53. The predicted octanol–water partition coefficient (Wildman–Crippen LogP) is 2.88. The van der Waals surface area contributed by atoms with Gasteiger partial charge in [-0.1, -0.05) is 23.7 Å². The molecule has 0 fully saturated rings. The molecule has 1 aromatic rings. The first-order chi connectivity index (χ1) is 11.5. The second-order valence-electron chi connectivity index (χ2n) is 4.46. The number of hydrogen-bond donors (Lipinski definition) is 0. The number of benzene rings is 1. The average Bonchev–Trinajstić information content (AvgIpc) is 2.56. The normalized spacial score (nSPS) is 9.58. The van der Waals surface area contributed by atoms with Gasteiger partial charge < -0.3 is 9.47 Å². The molecule has 0 aliphatic carbocycles. The molecule has 0 atom stereocenters. The number of carbonyl (C=O) groups is 2. The van der Waals surface area contributed by atoms with Crippen LogP contribution in [-0.2, 0) is 19.1 Å². The van der Waals surface area contributed by atoms with Gasteiger partial charge in [0, 0.05) is 10.6 Å². The zero-order valence-corrected chi connectivity index (χ0v) is 14.0. The van der Waals surface area contributed by atoms with Crippen molar-refractivity contribution in [3.05, 3.63) is 40.4 Å². The van der Waals surface area contributed by atoms with Gasteiger partial charge in [-0.2, -0.15) is 10.5 Å². The molecule has 0 radical (unpaired) electrons. The van der Waals surface area contributed by atoms with Gasteiger partial charge in [0.15, 0.2) is 5.92 Å². The van der Waals surface area contributed by atoms with E-state index in [4.69, 9.17) is 21.1 Å². The van der Waals surface area contributed by atoms with Crippen molar-refractivity contribution in [2.45, 2.75) is 13.8 Å². The molecule has 0 heterocycles. The van der Waals surface area contributed by atoms with E-state index in [1.54, 1.807) is 26.0 Å². The van der Waals surface area contributed by atoms with Crippen molar-refractivity contribution >= 4 is 29.1 Å². The maximum absolute atomic E-state index is 12.3. The number of nitrogens with zero attached hydrogens (tertiary/aromatic N) is 2. The van der Waals surface area contributed by atoms with Crippen molar-refractivity contribution in [3.63, 3.8) is 0 Å². The Hall–Kier alpha value is -2.83. The summed E-state index contributed by atoms with van der Waals surface area (Å²) in [4.78, 5) is 24.6. The van der Waals surface area contributed by atoms with Crippen LogP contribution in [0.3, 0.4) is 0 Å². The van der Waals surface area contributed by atoms with Crippen LogP contribution in [0.5, 0.6) is 0 Å². The molecule has 1 rings (SSSR count). The van der Waals surface area contributed by atoms with Gasteiger partial charge >= 0.3 is 11.9 Å². The maximum Gasteiger partial charge on any atom is 0.324 e. The highest BCUT2D eigenvalue weighted by atomic mass is 35.5. The fraction of sp³-hybridized carbons (Fsp3) is 0.294. The summed E-state index contributed by atoms with van der Waals surface area (Å²) in [6.45, 7) is 3.25. The first-order valence-electron chi connectivity index (χ1n) is 7.13. The number of rotatable bonds is 6. The molecule has 1 aromatic carbocycles. The lowest BCUT2D eigenvalue weighted by atomic mass is 9.88. The quantitative estimate of drug-likeness (QED) is 0.446. The SMILES string of the molecule is CCOC(=O)C(C(=O)OCC)C(=C(C#N)C#N)c1ccc(Cl)cc1. The number of halogens is 1. The van der Waals surface area contributed by atoms with Gasteiger partial charge in [0.05, 0.1) is 13.2 Å². The summed E-state index contributed by atoms with van der Waals surface area (Å²) in [6.07, 6.45) is 0. The highest BCUT2D eigenvalue weighted by Crippen LogP contribution is 2.30. The lowest BCUT2D eigenvalue weighted by Crippen LogP contribution is -2.30. The Morgan fingerprint density at radius 2 is 1.50 bits per heavy atom. The van der Waals surface area contributed by atoms with Gasteiger partial charge in [-0.05, 0) is 31.5 Å². The molecule has 0 aliphatic rings. The lowest BCUT2D eigenvalue weighted by molar-refractivity contribution is -0.158. The third kappa shape index (κ3) is 4.58. The van der Waals surface area contributed by atoms with Crippen LogP contribution in [0.15, 0.2) is 29.8 Å². The number of carbonyl (C=O) groups excluding carboxylic acids is 2. The molecule has 0 saturated heterocycles. The second kappa shape index (κ2) is 9.34. The molecule has 0 aliphatic heterocycles. The van der Waals surface area contributed by atoms with E-state index >= 15 is 0 Å². The number of esters is 2. The minimum absolute atomic E-state index is 0.0388. The molecule has 7 heteroatoms. The van der Waals surface area contributed by atoms with Crippen molar-refractivity contribution in [2.75, 3.05) is 13.2 Å². The fourth-order valence-electron chi connectivity index (χ4n) is 2.01. The Morgan fingerprint density at radius 3 is 1.88 bits per heavy atom. The van der Waals surface area contributed by atoms with Gasteiger partial charge in [0.1, 0.15) is 17.7 Å². The summed E-state index contributed by atoms with van der Waals surface area (Å²) in [5.41, 5.74) is -0.0967. The summed E-state index contributed by atoms with van der Waals surface area (Å²) in [6, 6.07) is 9.49. The third-order valence-electron chi connectivity index (χ3n) is 2.98. The average molecular weight is 347 g/mol. The number of hydrogen-bond acceptors (Lipinski definition) is 6. The molecule has 0 amide bonds. The monoisotopic (exact) mass is 346 g/mol. The summed E-state index contributed by atoms with van der Waals surface area (Å²) in [5, 5.41) is 18.9. The standard InChI is InChI=1S/C17H15ClN2O4/c1-3-23-16(21)15(17(22)24-4-2)14(12(9-19)10-20)11-5-7-13(18)8-6-11/h5-8,15H,3-4H2,1-2H3. The van der Waals surface area contributed by atoms with Crippen LogP contribution in [0.4, 0.5) is 0 Å². The summed E-state index contributed by atoms with van der Waals surface area (Å²) in [7, 11) is 0. The van der Waals surface area contributed by atoms with E-state index in [9.17, 15) is 20.1 Å². The number of ether oxygens (including phenoxy) is 2. The van der Waals surface area contributed by atoms with Crippen LogP contribution in [-0.4, -0.2) is 25.2 Å². The van der Waals surface area contributed by atoms with Gasteiger partial charge in [-0.25, -0.2) is 0 Å². The smallest absolute Gasteiger partial charge is 0.324 e. The first-order valence-corrected chi connectivity index (χ1v) is 7.51. The number of nitriles is 2. The summed E-state index contributed by atoms with van der Waals surface area (Å²) < 4.78 is 9.84. The van der Waals surface area contributed by atoms with E-state index in [0.29, 0.717) is 10.6 Å². The van der Waals surface area contributed by atoms with E-state index in [-0.39, 0.29) is 24.4 Å². The molecule has 0 unspecified atom stereocenters. The molecule has 124 valence electrons. The van der Waals surface area contributed by atoms with Crippen LogP contribution in [0.2, 0.25) is 5.02 Å². The molecule has 0 aromatic heterocycles. The van der Waals surface area contributed by atoms with Crippen LogP contribution in [0, 0.1) is 28.6 Å². The van der Waals surface area contributed by atoms with E-state index in [1.165, 1.54) is 24.3 Å². The molecular formula is C17H15ClN2O4. The zero-order valence-electron chi connectivity index (χ0n) is 13.2. The zero-order chi connectivity index (χ0) is 18.1. The van der Waals surface area contributed by atoms with Crippen molar-refractivity contribution < 1.29 is 19.1 Å². The molecule has 0 saturated carbocycles. The Labute approximate surface area is 144 Å². The Bertz CT molecular complexity index is 692. The van der Waals surface area contributed by atoms with E-state index in [1.807, 2.05) is 0 Å².